The molecule has 0 saturated carbocycles. The van der Waals surface area contributed by atoms with E-state index in [9.17, 15) is 9.59 Å². The molecule has 22 heavy (non-hydrogen) atoms. The third kappa shape index (κ3) is 6.07. The molecule has 0 aliphatic rings. The van der Waals surface area contributed by atoms with Crippen LogP contribution in [0.25, 0.3) is 0 Å². The Labute approximate surface area is 144 Å². The van der Waals surface area contributed by atoms with Gasteiger partial charge in [0.25, 0.3) is 0 Å². The lowest BCUT2D eigenvalue weighted by Gasteiger charge is -2.18. The van der Waals surface area contributed by atoms with Gasteiger partial charge >= 0.3 is 5.97 Å². The number of rotatable bonds is 7. The van der Waals surface area contributed by atoms with Crippen molar-refractivity contribution in [2.45, 2.75) is 31.6 Å². The summed E-state index contributed by atoms with van der Waals surface area (Å²) in [5.74, 6) is 0.159. The van der Waals surface area contributed by atoms with Gasteiger partial charge in [-0.1, -0.05) is 29.3 Å². The highest BCUT2D eigenvalue weighted by Crippen LogP contribution is 2.26. The van der Waals surface area contributed by atoms with Crippen LogP contribution in [-0.4, -0.2) is 30.0 Å². The number of nitrogens with one attached hydrogen (secondary N) is 1. The summed E-state index contributed by atoms with van der Waals surface area (Å²) in [6, 6.07) is 4.96. The van der Waals surface area contributed by atoms with Gasteiger partial charge < -0.3 is 10.1 Å². The molecule has 2 atom stereocenters. The van der Waals surface area contributed by atoms with Crippen molar-refractivity contribution in [3.8, 4) is 0 Å². The molecule has 1 rings (SSSR count). The maximum Gasteiger partial charge on any atom is 0.306 e. The van der Waals surface area contributed by atoms with Crippen LogP contribution in [0, 0.1) is 0 Å². The van der Waals surface area contributed by atoms with Crippen molar-refractivity contribution in [1.29, 1.82) is 0 Å². The molecule has 1 amide bonds. The van der Waals surface area contributed by atoms with Crippen molar-refractivity contribution >= 4 is 46.8 Å². The minimum atomic E-state index is -0.276. The van der Waals surface area contributed by atoms with E-state index < -0.39 is 0 Å². The first kappa shape index (κ1) is 19.1. The molecule has 0 aliphatic carbocycles. The van der Waals surface area contributed by atoms with Crippen molar-refractivity contribution in [3.63, 3.8) is 0 Å². The van der Waals surface area contributed by atoms with E-state index in [1.165, 1.54) is 18.9 Å². The molecule has 1 aromatic carbocycles. The minimum absolute atomic E-state index is 0.103. The number of carbonyl (C=O) groups excluding carboxylic acids is 2. The van der Waals surface area contributed by atoms with Crippen LogP contribution >= 0.6 is 35.0 Å². The molecular weight excluding hydrogens is 345 g/mol. The first-order valence-electron chi connectivity index (χ1n) is 6.79. The van der Waals surface area contributed by atoms with Crippen LogP contribution in [0.4, 0.5) is 0 Å². The van der Waals surface area contributed by atoms with Crippen molar-refractivity contribution < 1.29 is 14.3 Å². The van der Waals surface area contributed by atoms with Gasteiger partial charge in [0.2, 0.25) is 5.91 Å². The van der Waals surface area contributed by atoms with Crippen molar-refractivity contribution in [2.24, 2.45) is 0 Å². The number of methoxy groups -OCH3 is 1. The predicted molar refractivity (Wildman–Crippen MR) is 91.6 cm³/mol. The van der Waals surface area contributed by atoms with E-state index in [1.807, 2.05) is 6.92 Å². The first-order chi connectivity index (χ1) is 10.3. The average Bonchev–Trinajstić information content (AvgIpc) is 2.46. The van der Waals surface area contributed by atoms with Gasteiger partial charge in [-0.2, -0.15) is 0 Å². The molecule has 0 radical (unpaired) electrons. The second kappa shape index (κ2) is 9.28. The summed E-state index contributed by atoms with van der Waals surface area (Å²) in [6.45, 7) is 3.66. The SMILES string of the molecule is COC(=O)CCS[C@@H](C)C(=O)N[C@@H](C)c1ccc(Cl)cc1Cl. The van der Waals surface area contributed by atoms with Crippen LogP contribution in [0.5, 0.6) is 0 Å². The largest absolute Gasteiger partial charge is 0.469 e. The van der Waals surface area contributed by atoms with Gasteiger partial charge in [0, 0.05) is 15.8 Å². The maximum absolute atomic E-state index is 12.1. The Morgan fingerprint density at radius 2 is 2.00 bits per heavy atom. The van der Waals surface area contributed by atoms with Gasteiger partial charge in [0.1, 0.15) is 0 Å². The Balaban J connectivity index is 2.50. The number of amides is 1. The standard InChI is InChI=1S/C15H19Cl2NO3S/c1-9(12-5-4-11(16)8-13(12)17)18-15(20)10(2)22-7-6-14(19)21-3/h4-5,8-10H,6-7H2,1-3H3,(H,18,20)/t9-,10-/m0/s1. The molecule has 0 bridgehead atoms. The Kier molecular flexibility index (Phi) is 8.07. The quantitative estimate of drug-likeness (QED) is 0.747. The van der Waals surface area contributed by atoms with E-state index in [1.54, 1.807) is 25.1 Å². The molecule has 4 nitrogen and oxygen atoms in total. The van der Waals surface area contributed by atoms with Crippen LogP contribution in [-0.2, 0) is 14.3 Å². The number of hydrogen-bond donors (Lipinski definition) is 1. The molecule has 1 N–H and O–H groups in total. The summed E-state index contributed by atoms with van der Waals surface area (Å²) in [4.78, 5) is 23.2. The van der Waals surface area contributed by atoms with E-state index in [0.717, 1.165) is 5.56 Å². The monoisotopic (exact) mass is 363 g/mol. The molecule has 0 unspecified atom stereocenters. The highest BCUT2D eigenvalue weighted by molar-refractivity contribution is 8.00. The zero-order chi connectivity index (χ0) is 16.7. The van der Waals surface area contributed by atoms with Crippen LogP contribution in [0.1, 0.15) is 31.9 Å². The van der Waals surface area contributed by atoms with E-state index in [4.69, 9.17) is 23.2 Å². The number of halogens is 2. The zero-order valence-electron chi connectivity index (χ0n) is 12.7. The minimum Gasteiger partial charge on any atom is -0.469 e. The Hall–Kier alpha value is -0.910. The molecule has 0 heterocycles. The van der Waals surface area contributed by atoms with Gasteiger partial charge in [0.05, 0.1) is 24.8 Å². The summed E-state index contributed by atoms with van der Waals surface area (Å²) < 4.78 is 4.56. The number of carbonyl (C=O) groups is 2. The first-order valence-corrected chi connectivity index (χ1v) is 8.59. The van der Waals surface area contributed by atoms with Gasteiger partial charge in [-0.15, -0.1) is 11.8 Å². The normalized spacial score (nSPS) is 13.3. The Bertz CT molecular complexity index is 540. The van der Waals surface area contributed by atoms with Gasteiger partial charge in [-0.05, 0) is 31.5 Å². The fourth-order valence-corrected chi connectivity index (χ4v) is 3.19. The van der Waals surface area contributed by atoms with E-state index in [2.05, 4.69) is 10.1 Å². The van der Waals surface area contributed by atoms with Crippen molar-refractivity contribution in [3.05, 3.63) is 33.8 Å². The second-order valence-corrected chi connectivity index (χ2v) is 7.03. The van der Waals surface area contributed by atoms with Crippen LogP contribution in [0.3, 0.4) is 0 Å². The second-order valence-electron chi connectivity index (χ2n) is 4.74. The number of esters is 1. The summed E-state index contributed by atoms with van der Waals surface area (Å²) in [5, 5.41) is 3.71. The van der Waals surface area contributed by atoms with E-state index in [-0.39, 0.29) is 29.6 Å². The third-order valence-electron chi connectivity index (χ3n) is 3.06. The van der Waals surface area contributed by atoms with Crippen molar-refractivity contribution in [2.75, 3.05) is 12.9 Å². The highest BCUT2D eigenvalue weighted by Gasteiger charge is 2.18. The van der Waals surface area contributed by atoms with Gasteiger partial charge in [-0.3, -0.25) is 9.59 Å². The van der Waals surface area contributed by atoms with Crippen LogP contribution in [0.15, 0.2) is 18.2 Å². The maximum atomic E-state index is 12.1. The summed E-state index contributed by atoms with van der Waals surface area (Å²) in [7, 11) is 1.35. The number of benzene rings is 1. The van der Waals surface area contributed by atoms with Gasteiger partial charge in [0.15, 0.2) is 0 Å². The van der Waals surface area contributed by atoms with E-state index in [0.29, 0.717) is 15.8 Å². The molecule has 0 fully saturated rings. The lowest BCUT2D eigenvalue weighted by molar-refractivity contribution is -0.140. The van der Waals surface area contributed by atoms with Gasteiger partial charge in [-0.25, -0.2) is 0 Å². The summed E-state index contributed by atoms with van der Waals surface area (Å²) in [6.07, 6.45) is 0.289. The highest BCUT2D eigenvalue weighted by atomic mass is 35.5. The molecule has 0 saturated heterocycles. The van der Waals surface area contributed by atoms with Crippen LogP contribution in [0.2, 0.25) is 10.0 Å². The Morgan fingerprint density at radius 3 is 2.59 bits per heavy atom. The molecular formula is C15H19Cl2NO3S. The number of thioether (sulfide) groups is 1. The molecule has 7 heteroatoms. The zero-order valence-corrected chi connectivity index (χ0v) is 15.0. The molecule has 122 valence electrons. The molecule has 0 spiro atoms. The third-order valence-corrected chi connectivity index (χ3v) is 4.78. The number of ether oxygens (including phenoxy) is 1. The van der Waals surface area contributed by atoms with Crippen molar-refractivity contribution in [1.82, 2.24) is 5.32 Å². The van der Waals surface area contributed by atoms with E-state index >= 15 is 0 Å². The summed E-state index contributed by atoms with van der Waals surface area (Å²) in [5.41, 5.74) is 0.811. The Morgan fingerprint density at radius 1 is 1.32 bits per heavy atom. The average molecular weight is 364 g/mol. The lowest BCUT2D eigenvalue weighted by Crippen LogP contribution is -2.33. The topological polar surface area (TPSA) is 55.4 Å². The fourth-order valence-electron chi connectivity index (χ4n) is 1.76. The summed E-state index contributed by atoms with van der Waals surface area (Å²) >= 11 is 13.4. The number of hydrogen-bond acceptors (Lipinski definition) is 4. The smallest absolute Gasteiger partial charge is 0.306 e. The fraction of sp³-hybridized carbons (Fsp3) is 0.467. The molecule has 0 aliphatic heterocycles. The lowest BCUT2D eigenvalue weighted by atomic mass is 10.1. The predicted octanol–water partition coefficient (Wildman–Crippen LogP) is 3.86. The molecule has 0 aromatic heterocycles. The van der Waals surface area contributed by atoms with Crippen LogP contribution < -0.4 is 5.32 Å². The molecule has 1 aromatic rings.